The zero-order valence-electron chi connectivity index (χ0n) is 14.9. The van der Waals surface area contributed by atoms with E-state index in [1.54, 1.807) is 6.20 Å². The molecule has 3 rings (SSSR count). The highest BCUT2D eigenvalue weighted by molar-refractivity contribution is 5.74. The Morgan fingerprint density at radius 3 is 2.88 bits per heavy atom. The molecule has 2 amide bonds. The number of carbonyl (C=O) groups is 1. The maximum absolute atomic E-state index is 12.7. The van der Waals surface area contributed by atoms with Gasteiger partial charge in [-0.3, -0.25) is 4.98 Å². The van der Waals surface area contributed by atoms with E-state index in [-0.39, 0.29) is 6.03 Å². The van der Waals surface area contributed by atoms with E-state index < -0.39 is 0 Å². The number of aromatic nitrogens is 1. The van der Waals surface area contributed by atoms with Gasteiger partial charge in [-0.15, -0.1) is 0 Å². The second-order valence-electron chi connectivity index (χ2n) is 6.85. The van der Waals surface area contributed by atoms with E-state index in [4.69, 9.17) is 0 Å². The maximum atomic E-state index is 12.7. The fourth-order valence-electron chi connectivity index (χ4n) is 3.51. The molecule has 4 heteroatoms. The van der Waals surface area contributed by atoms with E-state index >= 15 is 0 Å². The zero-order valence-corrected chi connectivity index (χ0v) is 14.9. The summed E-state index contributed by atoms with van der Waals surface area (Å²) in [7, 11) is 0. The summed E-state index contributed by atoms with van der Waals surface area (Å²) in [6, 6.07) is 14.9. The SMILES string of the molecule is Cc1ccnc(CNC(=O)N2CCCCC2CCc2ccccc2)c1. The lowest BCUT2D eigenvalue weighted by atomic mass is 9.96. The summed E-state index contributed by atoms with van der Waals surface area (Å²) in [5, 5.41) is 3.05. The van der Waals surface area contributed by atoms with Gasteiger partial charge in [-0.05, 0) is 62.3 Å². The normalized spacial score (nSPS) is 17.3. The molecule has 1 aromatic heterocycles. The minimum absolute atomic E-state index is 0.0427. The second kappa shape index (κ2) is 8.65. The van der Waals surface area contributed by atoms with Crippen molar-refractivity contribution in [2.45, 2.75) is 51.6 Å². The van der Waals surface area contributed by atoms with Crippen molar-refractivity contribution in [2.24, 2.45) is 0 Å². The average Bonchev–Trinajstić information content (AvgIpc) is 2.65. The van der Waals surface area contributed by atoms with Gasteiger partial charge in [-0.2, -0.15) is 0 Å². The largest absolute Gasteiger partial charge is 0.332 e. The number of amides is 2. The third kappa shape index (κ3) is 5.05. The summed E-state index contributed by atoms with van der Waals surface area (Å²) >= 11 is 0. The van der Waals surface area contributed by atoms with Gasteiger partial charge in [0.2, 0.25) is 0 Å². The summed E-state index contributed by atoms with van der Waals surface area (Å²) in [6.45, 7) is 3.38. The van der Waals surface area contributed by atoms with Gasteiger partial charge in [-0.25, -0.2) is 4.79 Å². The molecule has 4 nitrogen and oxygen atoms in total. The number of aryl methyl sites for hydroxylation is 2. The van der Waals surface area contributed by atoms with Gasteiger partial charge in [-0.1, -0.05) is 30.3 Å². The highest BCUT2D eigenvalue weighted by atomic mass is 16.2. The Hall–Kier alpha value is -2.36. The molecule has 0 saturated carbocycles. The third-order valence-corrected chi connectivity index (χ3v) is 4.89. The van der Waals surface area contributed by atoms with Crippen LogP contribution in [0.25, 0.3) is 0 Å². The lowest BCUT2D eigenvalue weighted by molar-refractivity contribution is 0.146. The highest BCUT2D eigenvalue weighted by Crippen LogP contribution is 2.21. The number of hydrogen-bond acceptors (Lipinski definition) is 2. The van der Waals surface area contributed by atoms with Gasteiger partial charge in [0.15, 0.2) is 0 Å². The number of rotatable bonds is 5. The molecule has 1 saturated heterocycles. The standard InChI is InChI=1S/C21H27N3O/c1-17-12-13-22-19(15-17)16-23-21(25)24-14-6-5-9-20(24)11-10-18-7-3-2-4-8-18/h2-4,7-8,12-13,15,20H,5-6,9-11,14,16H2,1H3,(H,23,25). The van der Waals surface area contributed by atoms with Crippen LogP contribution in [0.4, 0.5) is 4.79 Å². The summed E-state index contributed by atoms with van der Waals surface area (Å²) in [6.07, 6.45) is 7.25. The second-order valence-corrected chi connectivity index (χ2v) is 6.85. The summed E-state index contributed by atoms with van der Waals surface area (Å²) in [4.78, 5) is 19.0. The number of pyridine rings is 1. The van der Waals surface area contributed by atoms with E-state index in [9.17, 15) is 4.79 Å². The van der Waals surface area contributed by atoms with Crippen LogP contribution in [0.1, 0.15) is 42.5 Å². The predicted molar refractivity (Wildman–Crippen MR) is 100 cm³/mol. The molecule has 25 heavy (non-hydrogen) atoms. The van der Waals surface area contributed by atoms with Crippen LogP contribution in [0.15, 0.2) is 48.7 Å². The van der Waals surface area contributed by atoms with Crippen molar-refractivity contribution in [3.05, 3.63) is 65.5 Å². The smallest absolute Gasteiger partial charge is 0.317 e. The zero-order chi connectivity index (χ0) is 17.5. The monoisotopic (exact) mass is 337 g/mol. The van der Waals surface area contributed by atoms with Crippen molar-refractivity contribution >= 4 is 6.03 Å². The van der Waals surface area contributed by atoms with Crippen LogP contribution < -0.4 is 5.32 Å². The molecule has 1 N–H and O–H groups in total. The Morgan fingerprint density at radius 1 is 1.24 bits per heavy atom. The van der Waals surface area contributed by atoms with Crippen molar-refractivity contribution < 1.29 is 4.79 Å². The number of nitrogens with zero attached hydrogens (tertiary/aromatic N) is 2. The summed E-state index contributed by atoms with van der Waals surface area (Å²) in [5.74, 6) is 0. The summed E-state index contributed by atoms with van der Waals surface area (Å²) in [5.41, 5.74) is 3.42. The molecule has 0 radical (unpaired) electrons. The van der Waals surface area contributed by atoms with Gasteiger partial charge >= 0.3 is 6.03 Å². The number of nitrogens with one attached hydrogen (secondary N) is 1. The number of hydrogen-bond donors (Lipinski definition) is 1. The molecule has 132 valence electrons. The molecule has 1 fully saturated rings. The Morgan fingerprint density at radius 2 is 2.08 bits per heavy atom. The van der Waals surface area contributed by atoms with Crippen molar-refractivity contribution in [2.75, 3.05) is 6.54 Å². The summed E-state index contributed by atoms with van der Waals surface area (Å²) < 4.78 is 0. The first-order chi connectivity index (χ1) is 12.2. The van der Waals surface area contributed by atoms with Gasteiger partial charge in [0.05, 0.1) is 12.2 Å². The Labute approximate surface area is 150 Å². The van der Waals surface area contributed by atoms with Crippen molar-refractivity contribution in [3.63, 3.8) is 0 Å². The molecule has 2 aromatic rings. The molecular formula is C21H27N3O. The molecule has 2 heterocycles. The average molecular weight is 337 g/mol. The molecular weight excluding hydrogens is 310 g/mol. The number of piperidine rings is 1. The molecule has 0 spiro atoms. The van der Waals surface area contributed by atoms with Gasteiger partial charge in [0.1, 0.15) is 0 Å². The van der Waals surface area contributed by atoms with E-state index in [0.717, 1.165) is 43.5 Å². The quantitative estimate of drug-likeness (QED) is 0.893. The molecule has 1 atom stereocenters. The number of carbonyl (C=O) groups excluding carboxylic acids is 1. The Kier molecular flexibility index (Phi) is 6.04. The van der Waals surface area contributed by atoms with E-state index in [2.05, 4.69) is 34.6 Å². The molecule has 1 aliphatic rings. The minimum Gasteiger partial charge on any atom is -0.332 e. The number of likely N-dealkylation sites (tertiary alicyclic amines) is 1. The lowest BCUT2D eigenvalue weighted by Crippen LogP contribution is -2.48. The van der Waals surface area contributed by atoms with Crippen LogP contribution in [-0.2, 0) is 13.0 Å². The fourth-order valence-corrected chi connectivity index (χ4v) is 3.51. The highest BCUT2D eigenvalue weighted by Gasteiger charge is 2.26. The molecule has 1 unspecified atom stereocenters. The van der Waals surface area contributed by atoms with Gasteiger partial charge < -0.3 is 10.2 Å². The Bertz CT molecular complexity index is 687. The predicted octanol–water partition coefficient (Wildman–Crippen LogP) is 4.09. The molecule has 1 aliphatic heterocycles. The van der Waals surface area contributed by atoms with Crippen LogP contribution in [0.2, 0.25) is 0 Å². The lowest BCUT2D eigenvalue weighted by Gasteiger charge is -2.36. The van der Waals surface area contributed by atoms with E-state index in [0.29, 0.717) is 12.6 Å². The van der Waals surface area contributed by atoms with Gasteiger partial charge in [0, 0.05) is 18.8 Å². The van der Waals surface area contributed by atoms with Crippen LogP contribution in [0.3, 0.4) is 0 Å². The first-order valence-electron chi connectivity index (χ1n) is 9.22. The first kappa shape index (κ1) is 17.5. The first-order valence-corrected chi connectivity index (χ1v) is 9.22. The minimum atomic E-state index is 0.0427. The number of benzene rings is 1. The molecule has 0 aliphatic carbocycles. The van der Waals surface area contributed by atoms with Crippen molar-refractivity contribution in [1.29, 1.82) is 0 Å². The van der Waals surface area contributed by atoms with Gasteiger partial charge in [0.25, 0.3) is 0 Å². The van der Waals surface area contributed by atoms with E-state index in [1.807, 2.05) is 30.0 Å². The topological polar surface area (TPSA) is 45.2 Å². The number of urea groups is 1. The van der Waals surface area contributed by atoms with E-state index in [1.165, 1.54) is 12.0 Å². The van der Waals surface area contributed by atoms with Crippen LogP contribution in [0, 0.1) is 6.92 Å². The molecule has 1 aromatic carbocycles. The Balaban J connectivity index is 1.55. The van der Waals surface area contributed by atoms with Crippen molar-refractivity contribution in [3.8, 4) is 0 Å². The van der Waals surface area contributed by atoms with Crippen LogP contribution in [0.5, 0.6) is 0 Å². The third-order valence-electron chi connectivity index (χ3n) is 4.89. The van der Waals surface area contributed by atoms with Crippen molar-refractivity contribution in [1.82, 2.24) is 15.2 Å². The van der Waals surface area contributed by atoms with Crippen LogP contribution in [-0.4, -0.2) is 28.5 Å². The maximum Gasteiger partial charge on any atom is 0.317 e. The molecule has 0 bridgehead atoms. The fraction of sp³-hybridized carbons (Fsp3) is 0.429. The van der Waals surface area contributed by atoms with Crippen LogP contribution >= 0.6 is 0 Å².